The minimum Gasteiger partial charge on any atom is -0.393 e. The van der Waals surface area contributed by atoms with E-state index in [4.69, 9.17) is 39.9 Å². The van der Waals surface area contributed by atoms with Crippen LogP contribution in [0.1, 0.15) is 55.8 Å². The van der Waals surface area contributed by atoms with Crippen LogP contribution in [0, 0.1) is 0 Å². The highest BCUT2D eigenvalue weighted by molar-refractivity contribution is 6.42. The molecule has 0 fully saturated rings. The molecule has 148 valence electrons. The van der Waals surface area contributed by atoms with Gasteiger partial charge in [0, 0.05) is 17.5 Å². The third kappa shape index (κ3) is 9.38. The maximum Gasteiger partial charge on any atom is 0.349 e. The number of carbonyl (C=O) groups excluding carboxylic acids is 3. The summed E-state index contributed by atoms with van der Waals surface area (Å²) in [6, 6.07) is 2.60. The molecule has 1 aromatic rings. The van der Waals surface area contributed by atoms with E-state index >= 15 is 0 Å². The van der Waals surface area contributed by atoms with E-state index in [2.05, 4.69) is 4.74 Å². The molecule has 0 saturated carbocycles. The first-order valence-electron chi connectivity index (χ1n) is 8.50. The van der Waals surface area contributed by atoms with E-state index in [1.165, 1.54) is 12.1 Å². The summed E-state index contributed by atoms with van der Waals surface area (Å²) in [4.78, 5) is 35.4. The summed E-state index contributed by atoms with van der Waals surface area (Å²) in [7, 11) is 0. The van der Waals surface area contributed by atoms with Gasteiger partial charge in [-0.05, 0) is 38.0 Å². The number of aliphatic hydroxyl groups excluding tert-OH is 1. The van der Waals surface area contributed by atoms with Gasteiger partial charge in [0.25, 0.3) is 0 Å². The number of ketones is 1. The lowest BCUT2D eigenvalue weighted by atomic mass is 10.1. The first-order chi connectivity index (χ1) is 12.7. The van der Waals surface area contributed by atoms with Crippen molar-refractivity contribution in [3.8, 4) is 0 Å². The van der Waals surface area contributed by atoms with Crippen molar-refractivity contribution < 1.29 is 24.2 Å². The Hall–Kier alpha value is -1.40. The summed E-state index contributed by atoms with van der Waals surface area (Å²) in [5.74, 6) is -2.26. The van der Waals surface area contributed by atoms with E-state index < -0.39 is 11.9 Å². The molecule has 1 aromatic carbocycles. The van der Waals surface area contributed by atoms with Crippen molar-refractivity contribution >= 4 is 52.5 Å². The third-order valence-corrected chi connectivity index (χ3v) is 4.42. The number of halogens is 3. The van der Waals surface area contributed by atoms with Crippen LogP contribution in [-0.4, -0.2) is 28.9 Å². The van der Waals surface area contributed by atoms with Gasteiger partial charge in [-0.3, -0.25) is 4.79 Å². The molecule has 0 aliphatic carbocycles. The van der Waals surface area contributed by atoms with Gasteiger partial charge >= 0.3 is 11.9 Å². The van der Waals surface area contributed by atoms with Crippen LogP contribution in [0.5, 0.6) is 0 Å². The predicted octanol–water partition coefficient (Wildman–Crippen LogP) is 5.18. The number of hydrogen-bond donors (Lipinski definition) is 1. The van der Waals surface area contributed by atoms with Gasteiger partial charge in [-0.15, -0.1) is 0 Å². The maximum atomic E-state index is 12.0. The first-order valence-corrected chi connectivity index (χ1v) is 9.63. The van der Waals surface area contributed by atoms with Gasteiger partial charge in [-0.25, -0.2) is 9.59 Å². The highest BCUT2D eigenvalue weighted by Gasteiger charge is 2.19. The molecular formula is C19H21Cl3O5. The second kappa shape index (κ2) is 12.1. The molecule has 0 unspecified atom stereocenters. The zero-order chi connectivity index (χ0) is 20.4. The van der Waals surface area contributed by atoms with Crippen molar-refractivity contribution in [2.24, 2.45) is 0 Å². The fourth-order valence-corrected chi connectivity index (χ4v) is 3.22. The zero-order valence-electron chi connectivity index (χ0n) is 14.8. The number of hydrogen-bond acceptors (Lipinski definition) is 5. The molecule has 1 atom stereocenters. The maximum absolute atomic E-state index is 12.0. The molecule has 5 nitrogen and oxygen atoms in total. The van der Waals surface area contributed by atoms with Gasteiger partial charge in [0.05, 0.1) is 21.7 Å². The van der Waals surface area contributed by atoms with Crippen molar-refractivity contribution in [2.45, 2.75) is 51.6 Å². The number of unbranched alkanes of at least 4 members (excludes halogenated alkanes) is 3. The van der Waals surface area contributed by atoms with Crippen molar-refractivity contribution in [3.63, 3.8) is 0 Å². The topological polar surface area (TPSA) is 80.7 Å². The van der Waals surface area contributed by atoms with Crippen LogP contribution in [0.25, 0.3) is 0 Å². The molecule has 0 spiro atoms. The van der Waals surface area contributed by atoms with E-state index in [0.717, 1.165) is 37.8 Å². The zero-order valence-corrected chi connectivity index (χ0v) is 17.1. The Morgan fingerprint density at radius 1 is 1.04 bits per heavy atom. The lowest BCUT2D eigenvalue weighted by Gasteiger charge is -2.05. The lowest BCUT2D eigenvalue weighted by Crippen LogP contribution is -2.12. The van der Waals surface area contributed by atoms with Crippen LogP contribution in [0.2, 0.25) is 15.1 Å². The molecule has 1 rings (SSSR count). The minimum atomic E-state index is -1.03. The molecule has 0 aliphatic heterocycles. The van der Waals surface area contributed by atoms with Gasteiger partial charge in [-0.2, -0.15) is 0 Å². The van der Waals surface area contributed by atoms with E-state index in [-0.39, 0.29) is 32.5 Å². The van der Waals surface area contributed by atoms with Gasteiger partial charge in [-0.1, -0.05) is 54.1 Å². The smallest absolute Gasteiger partial charge is 0.349 e. The fourth-order valence-electron chi connectivity index (χ4n) is 2.25. The number of benzene rings is 1. The second-order valence-electron chi connectivity index (χ2n) is 6.05. The van der Waals surface area contributed by atoms with Crippen LogP contribution in [0.3, 0.4) is 0 Å². The molecule has 0 aromatic heterocycles. The van der Waals surface area contributed by atoms with Gasteiger partial charge in [0.2, 0.25) is 0 Å². The quantitative estimate of drug-likeness (QED) is 0.237. The van der Waals surface area contributed by atoms with Gasteiger partial charge < -0.3 is 9.84 Å². The fraction of sp³-hybridized carbons (Fsp3) is 0.421. The Labute approximate surface area is 173 Å². The molecule has 8 heteroatoms. The Balaban J connectivity index is 2.41. The number of ether oxygens (including phenoxy) is 1. The van der Waals surface area contributed by atoms with Crippen LogP contribution in [-0.2, 0) is 14.3 Å². The average Bonchev–Trinajstić information content (AvgIpc) is 2.54. The molecular weight excluding hydrogens is 415 g/mol. The highest BCUT2D eigenvalue weighted by atomic mass is 35.5. The molecule has 0 heterocycles. The van der Waals surface area contributed by atoms with E-state index in [1.54, 1.807) is 6.92 Å². The van der Waals surface area contributed by atoms with E-state index in [0.29, 0.717) is 12.8 Å². The lowest BCUT2D eigenvalue weighted by molar-refractivity contribution is -0.132. The monoisotopic (exact) mass is 434 g/mol. The largest absolute Gasteiger partial charge is 0.393 e. The van der Waals surface area contributed by atoms with Crippen molar-refractivity contribution in [1.29, 1.82) is 0 Å². The SMILES string of the molecule is C[C@@H](O)CCCCCCC(=O)/C=C/C(=O)OC(=O)c1c(Cl)cc(Cl)cc1Cl. The summed E-state index contributed by atoms with van der Waals surface area (Å²) < 4.78 is 4.62. The number of aliphatic hydroxyl groups is 1. The number of rotatable bonds is 10. The van der Waals surface area contributed by atoms with Crippen molar-refractivity contribution in [2.75, 3.05) is 0 Å². The Morgan fingerprint density at radius 2 is 1.63 bits per heavy atom. The van der Waals surface area contributed by atoms with Gasteiger partial charge in [0.1, 0.15) is 0 Å². The normalized spacial score (nSPS) is 12.2. The first kappa shape index (κ1) is 23.6. The van der Waals surface area contributed by atoms with E-state index in [9.17, 15) is 14.4 Å². The third-order valence-electron chi connectivity index (χ3n) is 3.60. The minimum absolute atomic E-state index is 0.0408. The van der Waals surface area contributed by atoms with Crippen molar-refractivity contribution in [1.82, 2.24) is 0 Å². The Kier molecular flexibility index (Phi) is 10.6. The number of carbonyl (C=O) groups is 3. The van der Waals surface area contributed by atoms with E-state index in [1.807, 2.05) is 0 Å². The molecule has 0 saturated heterocycles. The Bertz CT molecular complexity index is 690. The summed E-state index contributed by atoms with van der Waals surface area (Å²) in [5.41, 5.74) is -0.173. The molecule has 1 N–H and O–H groups in total. The molecule has 27 heavy (non-hydrogen) atoms. The predicted molar refractivity (Wildman–Crippen MR) is 105 cm³/mol. The number of esters is 2. The van der Waals surface area contributed by atoms with Crippen LogP contribution in [0.15, 0.2) is 24.3 Å². The molecule has 0 radical (unpaired) electrons. The standard InChI is InChI=1S/C19H21Cl3O5/c1-12(23)6-4-2-3-5-7-14(24)8-9-17(25)27-19(26)18-15(21)10-13(20)11-16(18)22/h8-12,23H,2-7H2,1H3/b9-8+/t12-/m1/s1. The molecule has 0 aliphatic rings. The van der Waals surface area contributed by atoms with Crippen molar-refractivity contribution in [3.05, 3.63) is 44.9 Å². The van der Waals surface area contributed by atoms with Crippen LogP contribution >= 0.6 is 34.8 Å². The molecule has 0 amide bonds. The second-order valence-corrected chi connectivity index (χ2v) is 7.31. The summed E-state index contributed by atoms with van der Waals surface area (Å²) >= 11 is 17.5. The summed E-state index contributed by atoms with van der Waals surface area (Å²) in [6.45, 7) is 1.74. The summed E-state index contributed by atoms with van der Waals surface area (Å²) in [5, 5.41) is 9.30. The van der Waals surface area contributed by atoms with Crippen LogP contribution < -0.4 is 0 Å². The molecule has 0 bridgehead atoms. The average molecular weight is 436 g/mol. The highest BCUT2D eigenvalue weighted by Crippen LogP contribution is 2.29. The number of allylic oxidation sites excluding steroid dienone is 1. The van der Waals surface area contributed by atoms with Crippen LogP contribution in [0.4, 0.5) is 0 Å². The Morgan fingerprint density at radius 3 is 2.22 bits per heavy atom. The van der Waals surface area contributed by atoms with Gasteiger partial charge in [0.15, 0.2) is 5.78 Å². The summed E-state index contributed by atoms with van der Waals surface area (Å²) in [6.07, 6.45) is 6.10.